The average molecular weight is 379 g/mol. The topological polar surface area (TPSA) is 93.3 Å². The minimum atomic E-state index is -2.70. The van der Waals surface area contributed by atoms with Gasteiger partial charge >= 0.3 is 6.55 Å². The Morgan fingerprint density at radius 2 is 2.07 bits per heavy atom. The van der Waals surface area contributed by atoms with E-state index in [4.69, 9.17) is 0 Å². The van der Waals surface area contributed by atoms with Crippen LogP contribution in [0.1, 0.15) is 35.6 Å². The molecule has 8 nitrogen and oxygen atoms in total. The summed E-state index contributed by atoms with van der Waals surface area (Å²) in [6, 6.07) is 4.22. The quantitative estimate of drug-likeness (QED) is 0.590. The Hall–Kier alpha value is -3.04. The van der Waals surface area contributed by atoms with Gasteiger partial charge in [0, 0.05) is 50.6 Å². The lowest BCUT2D eigenvalue weighted by atomic mass is 10.1. The average Bonchev–Trinajstić information content (AvgIpc) is 3.33. The Bertz CT molecular complexity index is 834. The number of imidazole rings is 1. The van der Waals surface area contributed by atoms with E-state index >= 15 is 0 Å². The number of nitro benzene ring substituents is 1. The molecule has 1 aromatic carbocycles. The van der Waals surface area contributed by atoms with Crippen molar-refractivity contribution in [3.8, 4) is 0 Å². The van der Waals surface area contributed by atoms with Crippen LogP contribution in [0.25, 0.3) is 0 Å². The zero-order chi connectivity index (χ0) is 19.4. The molecule has 1 aliphatic rings. The highest BCUT2D eigenvalue weighted by Gasteiger charge is 2.22. The molecule has 0 unspecified atom stereocenters. The van der Waals surface area contributed by atoms with Crippen molar-refractivity contribution < 1.29 is 18.5 Å². The predicted molar refractivity (Wildman–Crippen MR) is 94.1 cm³/mol. The van der Waals surface area contributed by atoms with Gasteiger partial charge in [-0.2, -0.15) is 8.78 Å². The Labute approximate surface area is 153 Å². The van der Waals surface area contributed by atoms with Gasteiger partial charge in [-0.3, -0.25) is 19.5 Å². The fraction of sp³-hybridized carbons (Fsp3) is 0.412. The van der Waals surface area contributed by atoms with Crippen LogP contribution >= 0.6 is 0 Å². The molecule has 2 aromatic rings. The van der Waals surface area contributed by atoms with E-state index in [1.165, 1.54) is 24.5 Å². The highest BCUT2D eigenvalue weighted by molar-refractivity contribution is 6.00. The third-order valence-corrected chi connectivity index (χ3v) is 4.48. The molecule has 1 saturated heterocycles. The van der Waals surface area contributed by atoms with Gasteiger partial charge in [0.05, 0.1) is 16.2 Å². The molecule has 0 saturated carbocycles. The second-order valence-electron chi connectivity index (χ2n) is 6.19. The SMILES string of the molecule is O=C(NCCc1nccn1C(F)F)c1cc([N+](=O)[O-])ccc1N1CCCC1. The van der Waals surface area contributed by atoms with Gasteiger partial charge in [0.1, 0.15) is 5.82 Å². The third kappa shape index (κ3) is 4.21. The lowest BCUT2D eigenvalue weighted by molar-refractivity contribution is -0.384. The lowest BCUT2D eigenvalue weighted by Crippen LogP contribution is -2.29. The van der Waals surface area contributed by atoms with Gasteiger partial charge < -0.3 is 10.2 Å². The number of non-ortho nitro benzene ring substituents is 1. The van der Waals surface area contributed by atoms with E-state index in [0.717, 1.165) is 30.5 Å². The highest BCUT2D eigenvalue weighted by Crippen LogP contribution is 2.28. The summed E-state index contributed by atoms with van der Waals surface area (Å²) in [4.78, 5) is 29.0. The van der Waals surface area contributed by atoms with Gasteiger partial charge in [-0.1, -0.05) is 0 Å². The summed E-state index contributed by atoms with van der Waals surface area (Å²) in [6.07, 6.45) is 4.56. The summed E-state index contributed by atoms with van der Waals surface area (Å²) < 4.78 is 26.4. The molecular formula is C17H19F2N5O3. The molecular weight excluding hydrogens is 360 g/mol. The summed E-state index contributed by atoms with van der Waals surface area (Å²) in [5, 5.41) is 13.7. The van der Waals surface area contributed by atoms with E-state index in [1.54, 1.807) is 6.07 Å². The number of carbonyl (C=O) groups is 1. The summed E-state index contributed by atoms with van der Waals surface area (Å²) in [6.45, 7) is -1.05. The number of hydrogen-bond donors (Lipinski definition) is 1. The number of benzene rings is 1. The molecule has 1 N–H and O–H groups in total. The van der Waals surface area contributed by atoms with Crippen molar-refractivity contribution in [1.29, 1.82) is 0 Å². The van der Waals surface area contributed by atoms with Crippen LogP contribution in [0.2, 0.25) is 0 Å². The number of halogens is 2. The Morgan fingerprint density at radius 3 is 2.74 bits per heavy atom. The van der Waals surface area contributed by atoms with Crippen molar-refractivity contribution in [3.05, 3.63) is 52.1 Å². The van der Waals surface area contributed by atoms with E-state index in [-0.39, 0.29) is 30.0 Å². The van der Waals surface area contributed by atoms with Crippen LogP contribution in [0.5, 0.6) is 0 Å². The standard InChI is InChI=1S/C17H19F2N5O3/c18-17(19)23-10-7-20-15(23)5-6-21-16(25)13-11-12(24(26)27)3-4-14(13)22-8-1-2-9-22/h3-4,7,10-11,17H,1-2,5-6,8-9H2,(H,21,25). The van der Waals surface area contributed by atoms with Crippen LogP contribution in [-0.2, 0) is 6.42 Å². The van der Waals surface area contributed by atoms with Gasteiger partial charge in [0.2, 0.25) is 0 Å². The Morgan fingerprint density at radius 1 is 1.33 bits per heavy atom. The van der Waals surface area contributed by atoms with E-state index in [9.17, 15) is 23.7 Å². The normalized spacial score (nSPS) is 14.0. The molecule has 3 rings (SSSR count). The van der Waals surface area contributed by atoms with E-state index < -0.39 is 17.4 Å². The molecule has 1 aromatic heterocycles. The second-order valence-corrected chi connectivity index (χ2v) is 6.19. The minimum absolute atomic E-state index is 0.0880. The van der Waals surface area contributed by atoms with Gasteiger partial charge in [-0.05, 0) is 18.9 Å². The first-order valence-corrected chi connectivity index (χ1v) is 8.59. The van der Waals surface area contributed by atoms with Crippen molar-refractivity contribution >= 4 is 17.3 Å². The number of amides is 1. The molecule has 0 radical (unpaired) electrons. The first-order chi connectivity index (χ1) is 13.0. The minimum Gasteiger partial charge on any atom is -0.371 e. The maximum atomic E-state index is 12.8. The summed E-state index contributed by atoms with van der Waals surface area (Å²) in [5.74, 6) is -0.320. The summed E-state index contributed by atoms with van der Waals surface area (Å²) >= 11 is 0. The zero-order valence-corrected chi connectivity index (χ0v) is 14.5. The molecule has 1 amide bonds. The number of anilines is 1. The number of rotatable bonds is 7. The number of nitrogens with zero attached hydrogens (tertiary/aromatic N) is 4. The maximum Gasteiger partial charge on any atom is 0.319 e. The van der Waals surface area contributed by atoms with Crippen molar-refractivity contribution in [1.82, 2.24) is 14.9 Å². The fourth-order valence-electron chi connectivity index (χ4n) is 3.15. The van der Waals surface area contributed by atoms with Crippen LogP contribution in [0.3, 0.4) is 0 Å². The monoisotopic (exact) mass is 379 g/mol. The molecule has 10 heteroatoms. The number of aromatic nitrogens is 2. The number of hydrogen-bond acceptors (Lipinski definition) is 5. The first kappa shape index (κ1) is 18.7. The van der Waals surface area contributed by atoms with Gasteiger partial charge in [-0.15, -0.1) is 0 Å². The Balaban J connectivity index is 1.73. The third-order valence-electron chi connectivity index (χ3n) is 4.48. The van der Waals surface area contributed by atoms with E-state index in [0.29, 0.717) is 5.69 Å². The van der Waals surface area contributed by atoms with Crippen molar-refractivity contribution in [2.75, 3.05) is 24.5 Å². The fourth-order valence-corrected chi connectivity index (χ4v) is 3.15. The Kier molecular flexibility index (Phi) is 5.63. The number of nitrogens with one attached hydrogen (secondary N) is 1. The van der Waals surface area contributed by atoms with Gasteiger partial charge in [-0.25, -0.2) is 4.98 Å². The van der Waals surface area contributed by atoms with E-state index in [1.807, 2.05) is 4.90 Å². The smallest absolute Gasteiger partial charge is 0.319 e. The van der Waals surface area contributed by atoms with Crippen molar-refractivity contribution in [2.24, 2.45) is 0 Å². The van der Waals surface area contributed by atoms with Gasteiger partial charge in [0.25, 0.3) is 11.6 Å². The number of alkyl halides is 2. The number of carbonyl (C=O) groups excluding carboxylic acids is 1. The molecule has 1 aliphatic heterocycles. The molecule has 1 fully saturated rings. The second kappa shape index (κ2) is 8.11. The molecule has 27 heavy (non-hydrogen) atoms. The van der Waals surface area contributed by atoms with Crippen LogP contribution in [0.15, 0.2) is 30.6 Å². The van der Waals surface area contributed by atoms with Crippen LogP contribution < -0.4 is 10.2 Å². The van der Waals surface area contributed by atoms with E-state index in [2.05, 4.69) is 10.3 Å². The zero-order valence-electron chi connectivity index (χ0n) is 14.5. The highest BCUT2D eigenvalue weighted by atomic mass is 19.3. The van der Waals surface area contributed by atoms with Crippen LogP contribution in [-0.4, -0.2) is 40.0 Å². The largest absolute Gasteiger partial charge is 0.371 e. The first-order valence-electron chi connectivity index (χ1n) is 8.59. The molecule has 2 heterocycles. The van der Waals surface area contributed by atoms with Crippen molar-refractivity contribution in [3.63, 3.8) is 0 Å². The molecule has 0 bridgehead atoms. The van der Waals surface area contributed by atoms with Crippen molar-refractivity contribution in [2.45, 2.75) is 25.8 Å². The molecule has 0 aliphatic carbocycles. The molecule has 0 atom stereocenters. The van der Waals surface area contributed by atoms with Crippen LogP contribution in [0.4, 0.5) is 20.2 Å². The maximum absolute atomic E-state index is 12.8. The molecule has 0 spiro atoms. The molecule has 144 valence electrons. The number of nitro groups is 1. The predicted octanol–water partition coefficient (Wildman–Crippen LogP) is 2.76. The summed E-state index contributed by atoms with van der Waals surface area (Å²) in [5.41, 5.74) is 0.685. The van der Waals surface area contributed by atoms with Gasteiger partial charge in [0.15, 0.2) is 0 Å². The summed E-state index contributed by atoms with van der Waals surface area (Å²) in [7, 11) is 0. The lowest BCUT2D eigenvalue weighted by Gasteiger charge is -2.20. The van der Waals surface area contributed by atoms with Crippen LogP contribution in [0, 0.1) is 10.1 Å².